The van der Waals surface area contributed by atoms with Crippen LogP contribution >= 0.6 is 7.82 Å². The second kappa shape index (κ2) is 29.3. The molecule has 10 heteroatoms. The molecule has 0 fully saturated rings. The molecule has 0 saturated heterocycles. The Hall–Kier alpha value is -2.81. The van der Waals surface area contributed by atoms with Crippen molar-refractivity contribution in [3.8, 4) is 0 Å². The first kappa shape index (κ1) is 40.2. The van der Waals surface area contributed by atoms with E-state index in [9.17, 15) is 24.2 Å². The first-order valence-corrected chi connectivity index (χ1v) is 16.6. The van der Waals surface area contributed by atoms with Crippen molar-refractivity contribution in [2.24, 2.45) is 0 Å². The standard InChI is InChI=1S/C33H52NO8P/c1-3-5-6-7-8-9-10-11-12-13-14-15-16-17-18-19-20-21-22-23-24-26-32(36)34-27-28-41-43(38,39)42-30-31(35)29-40-33(37)25-4-2/h5-6,8-9,11-12,14-15,17-18,20-21,23-24,31,35H,3-4,7,10,13,16,19,22,25-30H2,1-2H3,(H,34,36)(H,38,39)/b6-5-,9-8-,12-11-,15-14-,18-17-,21-20-,24-23-. The molecular formula is C33H52NO8P. The van der Waals surface area contributed by atoms with Crippen molar-refractivity contribution in [1.82, 2.24) is 5.32 Å². The summed E-state index contributed by atoms with van der Waals surface area (Å²) in [7, 11) is -4.41. The van der Waals surface area contributed by atoms with Gasteiger partial charge in [0.2, 0.25) is 5.91 Å². The van der Waals surface area contributed by atoms with Gasteiger partial charge >= 0.3 is 13.8 Å². The van der Waals surface area contributed by atoms with E-state index < -0.39 is 26.5 Å². The van der Waals surface area contributed by atoms with E-state index in [-0.39, 0.29) is 38.5 Å². The second-order valence-corrected chi connectivity index (χ2v) is 10.8. The van der Waals surface area contributed by atoms with E-state index in [0.717, 1.165) is 44.9 Å². The van der Waals surface area contributed by atoms with Gasteiger partial charge in [-0.05, 0) is 51.4 Å². The minimum atomic E-state index is -4.41. The van der Waals surface area contributed by atoms with Crippen LogP contribution in [-0.4, -0.2) is 54.3 Å². The Kier molecular flexibility index (Phi) is 27.4. The lowest BCUT2D eigenvalue weighted by Gasteiger charge is -2.15. The molecule has 0 aliphatic rings. The monoisotopic (exact) mass is 621 g/mol. The Labute approximate surface area is 258 Å². The maximum absolute atomic E-state index is 11.9. The van der Waals surface area contributed by atoms with Gasteiger partial charge in [-0.2, -0.15) is 0 Å². The van der Waals surface area contributed by atoms with Gasteiger partial charge in [-0.25, -0.2) is 4.57 Å². The van der Waals surface area contributed by atoms with Crippen LogP contribution in [0.4, 0.5) is 0 Å². The van der Waals surface area contributed by atoms with E-state index >= 15 is 0 Å². The number of carbonyl (C=O) groups excluding carboxylic acids is 2. The van der Waals surface area contributed by atoms with Crippen LogP contribution < -0.4 is 5.32 Å². The van der Waals surface area contributed by atoms with Crippen molar-refractivity contribution in [2.45, 2.75) is 84.2 Å². The molecule has 2 atom stereocenters. The number of hydrogen-bond donors (Lipinski definition) is 3. The van der Waals surface area contributed by atoms with Crippen LogP contribution in [0.15, 0.2) is 85.1 Å². The minimum Gasteiger partial charge on any atom is -0.463 e. The number of aliphatic hydroxyl groups is 1. The fourth-order valence-corrected chi connectivity index (χ4v) is 3.89. The van der Waals surface area contributed by atoms with Crippen LogP contribution in [0.1, 0.15) is 78.1 Å². The van der Waals surface area contributed by atoms with Gasteiger partial charge in [0.25, 0.3) is 0 Å². The third kappa shape index (κ3) is 30.5. The largest absolute Gasteiger partial charge is 0.472 e. The Morgan fingerprint density at radius 1 is 0.721 bits per heavy atom. The molecule has 2 unspecified atom stereocenters. The third-order valence-corrected chi connectivity index (χ3v) is 6.32. The topological polar surface area (TPSA) is 131 Å². The zero-order valence-corrected chi connectivity index (χ0v) is 26.7. The van der Waals surface area contributed by atoms with Gasteiger partial charge in [0.15, 0.2) is 0 Å². The molecule has 0 rings (SSSR count). The lowest BCUT2D eigenvalue weighted by Crippen LogP contribution is -2.26. The summed E-state index contributed by atoms with van der Waals surface area (Å²) in [4.78, 5) is 32.7. The first-order chi connectivity index (χ1) is 20.8. The molecule has 9 nitrogen and oxygen atoms in total. The summed E-state index contributed by atoms with van der Waals surface area (Å²) in [5.41, 5.74) is 0. The normalized spacial score (nSPS) is 14.8. The van der Waals surface area contributed by atoms with Crippen molar-refractivity contribution in [3.63, 3.8) is 0 Å². The zero-order chi connectivity index (χ0) is 31.9. The van der Waals surface area contributed by atoms with Crippen LogP contribution in [0.25, 0.3) is 0 Å². The predicted octanol–water partition coefficient (Wildman–Crippen LogP) is 6.97. The molecule has 0 aliphatic carbocycles. The van der Waals surface area contributed by atoms with Crippen LogP contribution in [0.5, 0.6) is 0 Å². The second-order valence-electron chi connectivity index (χ2n) is 9.36. The van der Waals surface area contributed by atoms with Gasteiger partial charge in [0.05, 0.1) is 13.2 Å². The summed E-state index contributed by atoms with van der Waals surface area (Å²) in [5.74, 6) is -0.718. The Bertz CT molecular complexity index is 981. The third-order valence-electron chi connectivity index (χ3n) is 5.34. The Morgan fingerprint density at radius 3 is 1.65 bits per heavy atom. The highest BCUT2D eigenvalue weighted by molar-refractivity contribution is 7.47. The molecule has 0 aromatic carbocycles. The summed E-state index contributed by atoms with van der Waals surface area (Å²) in [6.45, 7) is 2.84. The first-order valence-electron chi connectivity index (χ1n) is 15.1. The number of phosphoric ester groups is 1. The lowest BCUT2D eigenvalue weighted by molar-refractivity contribution is -0.147. The number of amides is 1. The smallest absolute Gasteiger partial charge is 0.463 e. The highest BCUT2D eigenvalue weighted by Crippen LogP contribution is 2.42. The molecule has 43 heavy (non-hydrogen) atoms. The molecule has 3 N–H and O–H groups in total. The van der Waals surface area contributed by atoms with Crippen LogP contribution in [-0.2, 0) is 27.9 Å². The van der Waals surface area contributed by atoms with Gasteiger partial charge < -0.3 is 20.1 Å². The highest BCUT2D eigenvalue weighted by atomic mass is 31.2. The van der Waals surface area contributed by atoms with E-state index in [1.807, 2.05) is 19.1 Å². The molecule has 0 aliphatic heterocycles. The molecule has 0 bridgehead atoms. The average Bonchev–Trinajstić information content (AvgIpc) is 2.98. The number of hydrogen-bond acceptors (Lipinski definition) is 7. The molecule has 0 heterocycles. The number of esters is 1. The number of rotatable bonds is 26. The summed E-state index contributed by atoms with van der Waals surface area (Å²) in [6.07, 6.45) is 35.7. The van der Waals surface area contributed by atoms with Crippen molar-refractivity contribution in [1.29, 1.82) is 0 Å². The van der Waals surface area contributed by atoms with Crippen molar-refractivity contribution in [2.75, 3.05) is 26.4 Å². The highest BCUT2D eigenvalue weighted by Gasteiger charge is 2.23. The number of phosphoric acid groups is 1. The number of ether oxygens (including phenoxy) is 1. The summed E-state index contributed by atoms with van der Waals surface area (Å²) >= 11 is 0. The lowest BCUT2D eigenvalue weighted by atomic mass is 10.2. The van der Waals surface area contributed by atoms with Gasteiger partial charge in [-0.15, -0.1) is 0 Å². The number of carbonyl (C=O) groups is 2. The van der Waals surface area contributed by atoms with E-state index in [4.69, 9.17) is 9.26 Å². The van der Waals surface area contributed by atoms with Crippen LogP contribution in [0, 0.1) is 0 Å². The van der Waals surface area contributed by atoms with E-state index in [2.05, 4.69) is 83.6 Å². The minimum absolute atomic E-state index is 0.0188. The van der Waals surface area contributed by atoms with E-state index in [0.29, 0.717) is 6.42 Å². The van der Waals surface area contributed by atoms with Crippen molar-refractivity contribution < 1.29 is 37.9 Å². The molecular weight excluding hydrogens is 569 g/mol. The van der Waals surface area contributed by atoms with Gasteiger partial charge in [0, 0.05) is 19.4 Å². The average molecular weight is 622 g/mol. The van der Waals surface area contributed by atoms with Crippen LogP contribution in [0.2, 0.25) is 0 Å². The Morgan fingerprint density at radius 2 is 1.19 bits per heavy atom. The van der Waals surface area contributed by atoms with Crippen molar-refractivity contribution >= 4 is 19.7 Å². The number of aliphatic hydroxyl groups excluding tert-OH is 1. The summed E-state index contributed by atoms with van der Waals surface area (Å²) in [6, 6.07) is 0. The maximum Gasteiger partial charge on any atom is 0.472 e. The fourth-order valence-electron chi connectivity index (χ4n) is 3.14. The van der Waals surface area contributed by atoms with E-state index in [1.165, 1.54) is 0 Å². The maximum atomic E-state index is 11.9. The molecule has 0 aromatic heterocycles. The molecule has 242 valence electrons. The molecule has 0 radical (unpaired) electrons. The molecule has 0 spiro atoms. The molecule has 0 saturated carbocycles. The summed E-state index contributed by atoms with van der Waals surface area (Å²) < 4.78 is 26.0. The predicted molar refractivity (Wildman–Crippen MR) is 173 cm³/mol. The number of allylic oxidation sites excluding steroid dienone is 13. The van der Waals surface area contributed by atoms with Crippen molar-refractivity contribution in [3.05, 3.63) is 85.1 Å². The number of nitrogens with one attached hydrogen (secondary N) is 1. The van der Waals surface area contributed by atoms with Gasteiger partial charge in [-0.1, -0.05) is 98.9 Å². The van der Waals surface area contributed by atoms with Crippen LogP contribution in [0.3, 0.4) is 0 Å². The summed E-state index contributed by atoms with van der Waals surface area (Å²) in [5, 5.41) is 12.2. The van der Waals surface area contributed by atoms with E-state index in [1.54, 1.807) is 6.08 Å². The molecule has 1 amide bonds. The zero-order valence-electron chi connectivity index (χ0n) is 25.9. The quantitative estimate of drug-likeness (QED) is 0.0408. The van der Waals surface area contributed by atoms with Gasteiger partial charge in [-0.3, -0.25) is 18.6 Å². The SMILES string of the molecule is CC/C=C\C/C=C\C/C=C\C/C=C\C/C=C\C/C=C\C/C=C\CC(=O)NCCOP(=O)(O)OCC(O)COC(=O)CCC. The fraction of sp³-hybridized carbons (Fsp3) is 0.515. The van der Waals surface area contributed by atoms with Gasteiger partial charge in [0.1, 0.15) is 12.7 Å². The Balaban J connectivity index is 3.80. The molecule has 0 aromatic rings.